The van der Waals surface area contributed by atoms with E-state index in [4.69, 9.17) is 11.6 Å². The molecule has 3 unspecified atom stereocenters. The molecule has 3 heterocycles. The molecular formula is C21H23ClF3N5O2S2. The van der Waals surface area contributed by atoms with Gasteiger partial charge in [-0.15, -0.1) is 11.8 Å². The van der Waals surface area contributed by atoms with Crippen molar-refractivity contribution in [2.75, 3.05) is 37.2 Å². The Morgan fingerprint density at radius 1 is 1.29 bits per heavy atom. The smallest absolute Gasteiger partial charge is 0.356 e. The highest BCUT2D eigenvalue weighted by Gasteiger charge is 2.40. The van der Waals surface area contributed by atoms with E-state index in [1.807, 2.05) is 4.90 Å². The highest BCUT2D eigenvalue weighted by molar-refractivity contribution is 8.04. The second-order valence-electron chi connectivity index (χ2n) is 8.12. The lowest BCUT2D eigenvalue weighted by atomic mass is 10.0. The van der Waals surface area contributed by atoms with Gasteiger partial charge in [-0.25, -0.2) is 9.20 Å². The van der Waals surface area contributed by atoms with Crippen LogP contribution in [0.4, 0.5) is 18.9 Å². The zero-order valence-electron chi connectivity index (χ0n) is 18.2. The first kappa shape index (κ1) is 25.1. The van der Waals surface area contributed by atoms with Crippen molar-refractivity contribution in [1.29, 1.82) is 0 Å². The first-order valence-corrected chi connectivity index (χ1v) is 13.4. The average molecular weight is 534 g/mol. The van der Waals surface area contributed by atoms with E-state index in [0.29, 0.717) is 48.3 Å². The highest BCUT2D eigenvalue weighted by atomic mass is 35.5. The van der Waals surface area contributed by atoms with E-state index in [9.17, 15) is 22.2 Å². The van der Waals surface area contributed by atoms with E-state index in [-0.39, 0.29) is 28.5 Å². The van der Waals surface area contributed by atoms with Crippen LogP contribution in [-0.2, 0) is 22.2 Å². The Labute approximate surface area is 207 Å². The number of aliphatic imine (C=N–C) groups is 2. The monoisotopic (exact) mass is 533 g/mol. The number of hydrogen-bond acceptors (Lipinski definition) is 6. The molecule has 0 spiro atoms. The molecule has 1 saturated heterocycles. The summed E-state index contributed by atoms with van der Waals surface area (Å²) in [6, 6.07) is 5.11. The number of allylic oxidation sites excluding steroid dienone is 1. The SMILES string of the molecule is CS(=O)Nc1ccc(CC(=O)N2CCN(C3=NC=NC4SC(CC(F)(F)F)=CC34)CC2)c(Cl)c1. The van der Waals surface area contributed by atoms with Gasteiger partial charge in [0.2, 0.25) is 5.91 Å². The maximum absolute atomic E-state index is 12.8. The summed E-state index contributed by atoms with van der Waals surface area (Å²) in [5.74, 6) is 0.351. The Bertz CT molecular complexity index is 1070. The normalized spacial score (nSPS) is 23.3. The molecule has 4 rings (SSSR count). The van der Waals surface area contributed by atoms with Crippen LogP contribution in [-0.4, -0.2) is 76.1 Å². The first-order chi connectivity index (χ1) is 16.1. The van der Waals surface area contributed by atoms with E-state index in [2.05, 4.69) is 14.7 Å². The van der Waals surface area contributed by atoms with Crippen LogP contribution in [0.1, 0.15) is 12.0 Å². The van der Waals surface area contributed by atoms with E-state index < -0.39 is 23.6 Å². The van der Waals surface area contributed by atoms with Gasteiger partial charge in [0.05, 0.1) is 18.8 Å². The van der Waals surface area contributed by atoms with Crippen LogP contribution in [0.25, 0.3) is 0 Å². The minimum Gasteiger partial charge on any atom is -0.356 e. The van der Waals surface area contributed by atoms with Gasteiger partial charge in [-0.2, -0.15) is 13.2 Å². The fourth-order valence-corrected chi connectivity index (χ4v) is 6.04. The van der Waals surface area contributed by atoms with Crippen molar-refractivity contribution in [2.24, 2.45) is 15.9 Å². The van der Waals surface area contributed by atoms with Gasteiger partial charge in [0.1, 0.15) is 28.5 Å². The van der Waals surface area contributed by atoms with Crippen molar-refractivity contribution in [3.05, 3.63) is 39.8 Å². The van der Waals surface area contributed by atoms with Crippen LogP contribution < -0.4 is 4.72 Å². The number of alkyl halides is 3. The predicted octanol–water partition coefficient (Wildman–Crippen LogP) is 3.70. The Morgan fingerprint density at radius 3 is 2.68 bits per heavy atom. The molecule has 1 amide bonds. The summed E-state index contributed by atoms with van der Waals surface area (Å²) < 4.78 is 52.5. The second kappa shape index (κ2) is 10.3. The Hall–Kier alpha value is -2.05. The predicted molar refractivity (Wildman–Crippen MR) is 131 cm³/mol. The Morgan fingerprint density at radius 2 is 2.03 bits per heavy atom. The van der Waals surface area contributed by atoms with Gasteiger partial charge in [0, 0.05) is 43.1 Å². The van der Waals surface area contributed by atoms with Crippen LogP contribution in [0.5, 0.6) is 0 Å². The number of benzene rings is 1. The summed E-state index contributed by atoms with van der Waals surface area (Å²) in [5.41, 5.74) is 1.30. The number of carbonyl (C=O) groups is 1. The molecule has 3 aliphatic heterocycles. The third kappa shape index (κ3) is 6.14. The summed E-state index contributed by atoms with van der Waals surface area (Å²) in [6.45, 7) is 2.02. The van der Waals surface area contributed by atoms with Gasteiger partial charge in [-0.3, -0.25) is 9.79 Å². The lowest BCUT2D eigenvalue weighted by Crippen LogP contribution is -2.53. The number of nitrogens with zero attached hydrogens (tertiary/aromatic N) is 4. The number of amidine groups is 1. The van der Waals surface area contributed by atoms with Gasteiger partial charge in [0.25, 0.3) is 0 Å². The number of nitrogens with one attached hydrogen (secondary N) is 1. The molecule has 184 valence electrons. The first-order valence-electron chi connectivity index (χ1n) is 10.5. The molecular weight excluding hydrogens is 511 g/mol. The Kier molecular flexibility index (Phi) is 7.58. The summed E-state index contributed by atoms with van der Waals surface area (Å²) in [6.07, 6.45) is -0.503. The maximum atomic E-state index is 12.8. The number of amides is 1. The molecule has 1 N–H and O–H groups in total. The minimum absolute atomic E-state index is 0.0601. The van der Waals surface area contributed by atoms with E-state index >= 15 is 0 Å². The van der Waals surface area contributed by atoms with Gasteiger partial charge < -0.3 is 14.5 Å². The summed E-state index contributed by atoms with van der Waals surface area (Å²) >= 11 is 7.44. The lowest BCUT2D eigenvalue weighted by Gasteiger charge is -2.39. The highest BCUT2D eigenvalue weighted by Crippen LogP contribution is 2.44. The molecule has 0 aromatic heterocycles. The molecule has 3 atom stereocenters. The number of thioether (sulfide) groups is 1. The topological polar surface area (TPSA) is 77.4 Å². The largest absolute Gasteiger partial charge is 0.393 e. The number of fused-ring (bicyclic) bond motifs is 1. The Balaban J connectivity index is 1.34. The number of carbonyl (C=O) groups excluding carboxylic acids is 1. The third-order valence-electron chi connectivity index (χ3n) is 5.63. The van der Waals surface area contributed by atoms with Gasteiger partial charge in [0.15, 0.2) is 0 Å². The number of hydrogen-bond donors (Lipinski definition) is 1. The molecule has 1 aromatic rings. The van der Waals surface area contributed by atoms with Crippen molar-refractivity contribution < 1.29 is 22.2 Å². The molecule has 13 heteroatoms. The van der Waals surface area contributed by atoms with Gasteiger partial charge in [-0.1, -0.05) is 23.7 Å². The molecule has 7 nitrogen and oxygen atoms in total. The molecule has 1 aromatic carbocycles. The fourth-order valence-electron chi connectivity index (χ4n) is 4.09. The average Bonchev–Trinajstić information content (AvgIpc) is 3.16. The van der Waals surface area contributed by atoms with E-state index in [1.165, 1.54) is 12.6 Å². The number of anilines is 1. The molecule has 0 saturated carbocycles. The summed E-state index contributed by atoms with van der Waals surface area (Å²) in [5, 5.41) is 0.0961. The zero-order valence-corrected chi connectivity index (χ0v) is 20.6. The standard InChI is InChI=1S/C21H23ClF3N5O2S2/c1-34(32)28-14-3-2-13(17(22)9-14)8-18(31)29-4-6-30(7-5-29)19-16-10-15(11-21(23,24)25)33-20(16)27-12-26-19/h2-3,9-10,12,16,20,28H,4-8,11H2,1H3. The van der Waals surface area contributed by atoms with Crippen molar-refractivity contribution in [1.82, 2.24) is 9.80 Å². The summed E-state index contributed by atoms with van der Waals surface area (Å²) in [7, 11) is -1.22. The van der Waals surface area contributed by atoms with Crippen molar-refractivity contribution in [2.45, 2.75) is 24.4 Å². The van der Waals surface area contributed by atoms with Crippen LogP contribution >= 0.6 is 23.4 Å². The van der Waals surface area contributed by atoms with Gasteiger partial charge >= 0.3 is 6.18 Å². The van der Waals surface area contributed by atoms with Crippen LogP contribution in [0.3, 0.4) is 0 Å². The molecule has 1 fully saturated rings. The van der Waals surface area contributed by atoms with E-state index in [0.717, 1.165) is 11.8 Å². The molecule has 0 bridgehead atoms. The second-order valence-corrected chi connectivity index (χ2v) is 10.9. The van der Waals surface area contributed by atoms with E-state index in [1.54, 1.807) is 29.2 Å². The molecule has 34 heavy (non-hydrogen) atoms. The number of rotatable bonds is 5. The molecule has 0 aliphatic carbocycles. The third-order valence-corrected chi connectivity index (χ3v) is 7.75. The van der Waals surface area contributed by atoms with Gasteiger partial charge in [-0.05, 0) is 22.6 Å². The quantitative estimate of drug-likeness (QED) is 0.626. The molecule has 3 aliphatic rings. The number of halogens is 4. The maximum Gasteiger partial charge on any atom is 0.393 e. The lowest BCUT2D eigenvalue weighted by molar-refractivity contribution is -0.131. The van der Waals surface area contributed by atoms with Crippen LogP contribution in [0.2, 0.25) is 5.02 Å². The minimum atomic E-state index is -4.26. The van der Waals surface area contributed by atoms with Crippen molar-refractivity contribution in [3.63, 3.8) is 0 Å². The number of piperazine rings is 1. The van der Waals surface area contributed by atoms with Crippen molar-refractivity contribution >= 4 is 58.1 Å². The van der Waals surface area contributed by atoms with Crippen molar-refractivity contribution in [3.8, 4) is 0 Å². The molecule has 0 radical (unpaired) electrons. The van der Waals surface area contributed by atoms with Crippen LogP contribution in [0.15, 0.2) is 39.2 Å². The fraction of sp³-hybridized carbons (Fsp3) is 0.476. The zero-order chi connectivity index (χ0) is 24.5. The van der Waals surface area contributed by atoms with Crippen LogP contribution in [0, 0.1) is 5.92 Å². The summed E-state index contributed by atoms with van der Waals surface area (Å²) in [4.78, 5) is 25.5.